The van der Waals surface area contributed by atoms with Crippen molar-refractivity contribution in [2.45, 2.75) is 31.8 Å². The molecule has 0 aliphatic heterocycles. The third kappa shape index (κ3) is 1.23. The van der Waals surface area contributed by atoms with Gasteiger partial charge in [0.25, 0.3) is 0 Å². The van der Waals surface area contributed by atoms with Gasteiger partial charge in [0.1, 0.15) is 0 Å². The van der Waals surface area contributed by atoms with Crippen LogP contribution >= 0.6 is 0 Å². The molecule has 1 saturated carbocycles. The summed E-state index contributed by atoms with van der Waals surface area (Å²) in [6.07, 6.45) is 7.36. The number of terminal acetylenes is 1. The molecular weight excluding hydrogens is 138 g/mol. The van der Waals surface area contributed by atoms with Crippen LogP contribution < -0.4 is 0 Å². The summed E-state index contributed by atoms with van der Waals surface area (Å²) in [5.74, 6) is 2.45. The minimum Gasteiger partial charge on any atom is -0.391 e. The van der Waals surface area contributed by atoms with Crippen molar-refractivity contribution in [2.24, 2.45) is 5.41 Å². The Morgan fingerprint density at radius 1 is 1.73 bits per heavy atom. The fourth-order valence-electron chi connectivity index (χ4n) is 1.61. The molecule has 1 rings (SSSR count). The second-order valence-corrected chi connectivity index (χ2v) is 3.06. The maximum Gasteiger partial charge on any atom is 0.0940 e. The number of nitrogens with zero attached hydrogens (tertiary/aromatic N) is 1. The van der Waals surface area contributed by atoms with Gasteiger partial charge in [0.2, 0.25) is 0 Å². The molecule has 58 valence electrons. The maximum atomic E-state index is 9.45. The number of rotatable bonds is 1. The van der Waals surface area contributed by atoms with Crippen LogP contribution in [0, 0.1) is 29.1 Å². The molecule has 0 aromatic rings. The molecule has 1 aliphatic rings. The Bertz CT molecular complexity index is 223. The van der Waals surface area contributed by atoms with Crippen LogP contribution in [0.3, 0.4) is 0 Å². The summed E-state index contributed by atoms with van der Waals surface area (Å²) in [7, 11) is 0. The molecule has 2 unspecified atom stereocenters. The van der Waals surface area contributed by atoms with Gasteiger partial charge in [0.05, 0.1) is 17.6 Å². The molecule has 0 aromatic carbocycles. The molecule has 0 radical (unpaired) electrons. The van der Waals surface area contributed by atoms with Crippen molar-refractivity contribution in [2.75, 3.05) is 0 Å². The van der Waals surface area contributed by atoms with Crippen LogP contribution in [-0.2, 0) is 0 Å². The average molecular weight is 149 g/mol. The van der Waals surface area contributed by atoms with Crippen molar-refractivity contribution in [1.29, 1.82) is 5.26 Å². The Hall–Kier alpha value is -0.990. The molecule has 0 amide bonds. The molecule has 0 saturated heterocycles. The molecule has 0 bridgehead atoms. The predicted octanol–water partition coefficient (Wildman–Crippen LogP) is 1.06. The lowest BCUT2D eigenvalue weighted by Gasteiger charge is -2.21. The fraction of sp³-hybridized carbons (Fsp3) is 0.667. The van der Waals surface area contributed by atoms with E-state index in [1.54, 1.807) is 0 Å². The highest BCUT2D eigenvalue weighted by atomic mass is 16.3. The summed E-state index contributed by atoms with van der Waals surface area (Å²) in [5.41, 5.74) is -0.630. The lowest BCUT2D eigenvalue weighted by atomic mass is 9.83. The first-order chi connectivity index (χ1) is 5.25. The zero-order valence-corrected chi connectivity index (χ0v) is 6.38. The van der Waals surface area contributed by atoms with E-state index in [9.17, 15) is 5.11 Å². The first-order valence-electron chi connectivity index (χ1n) is 3.78. The van der Waals surface area contributed by atoms with Gasteiger partial charge in [-0.2, -0.15) is 5.26 Å². The Morgan fingerprint density at radius 3 is 2.82 bits per heavy atom. The standard InChI is InChI=1S/C9H11NO/c1-2-5-9(7-10)6-3-4-8(9)11/h1,8,11H,3-6H2. The minimum absolute atomic E-state index is 0.380. The molecule has 1 N–H and O–H groups in total. The number of nitriles is 1. The summed E-state index contributed by atoms with van der Waals surface area (Å²) in [6.45, 7) is 0. The van der Waals surface area contributed by atoms with Crippen LogP contribution in [0.2, 0.25) is 0 Å². The highest BCUT2D eigenvalue weighted by Gasteiger charge is 2.41. The first-order valence-corrected chi connectivity index (χ1v) is 3.78. The van der Waals surface area contributed by atoms with Crippen LogP contribution in [0.15, 0.2) is 0 Å². The number of hydrogen-bond acceptors (Lipinski definition) is 2. The van der Waals surface area contributed by atoms with E-state index in [4.69, 9.17) is 11.7 Å². The third-order valence-corrected chi connectivity index (χ3v) is 2.38. The summed E-state index contributed by atoms with van der Waals surface area (Å²) in [6, 6.07) is 2.14. The highest BCUT2D eigenvalue weighted by molar-refractivity contribution is 5.12. The normalized spacial score (nSPS) is 36.1. The first kappa shape index (κ1) is 8.11. The Balaban J connectivity index is 2.77. The SMILES string of the molecule is C#CCC1(C#N)CCCC1O. The van der Waals surface area contributed by atoms with Gasteiger partial charge in [-0.3, -0.25) is 0 Å². The lowest BCUT2D eigenvalue weighted by molar-refractivity contribution is 0.0948. The second kappa shape index (κ2) is 2.95. The molecule has 2 nitrogen and oxygen atoms in total. The van der Waals surface area contributed by atoms with Gasteiger partial charge in [-0.15, -0.1) is 12.3 Å². The molecule has 1 aliphatic carbocycles. The van der Waals surface area contributed by atoms with Gasteiger partial charge in [-0.1, -0.05) is 0 Å². The molecule has 2 heteroatoms. The van der Waals surface area contributed by atoms with E-state index in [2.05, 4.69) is 12.0 Å². The zero-order chi connectivity index (χ0) is 8.32. The van der Waals surface area contributed by atoms with Gasteiger partial charge in [0.15, 0.2) is 0 Å². The molecule has 1 fully saturated rings. The summed E-state index contributed by atoms with van der Waals surface area (Å²) >= 11 is 0. The molecule has 0 aromatic heterocycles. The fourth-order valence-corrected chi connectivity index (χ4v) is 1.61. The zero-order valence-electron chi connectivity index (χ0n) is 6.38. The van der Waals surface area contributed by atoms with Gasteiger partial charge in [0, 0.05) is 6.42 Å². The molecule has 2 atom stereocenters. The van der Waals surface area contributed by atoms with Crippen LogP contribution in [0.1, 0.15) is 25.7 Å². The molecule has 11 heavy (non-hydrogen) atoms. The minimum atomic E-state index is -0.630. The number of hydrogen-bond donors (Lipinski definition) is 1. The number of aliphatic hydroxyl groups is 1. The topological polar surface area (TPSA) is 44.0 Å². The van der Waals surface area contributed by atoms with Crippen LogP contribution in [0.25, 0.3) is 0 Å². The Labute approximate surface area is 66.8 Å². The predicted molar refractivity (Wildman–Crippen MR) is 41.4 cm³/mol. The van der Waals surface area contributed by atoms with Gasteiger partial charge < -0.3 is 5.11 Å². The van der Waals surface area contributed by atoms with E-state index < -0.39 is 11.5 Å². The van der Waals surface area contributed by atoms with Crippen LogP contribution in [-0.4, -0.2) is 11.2 Å². The smallest absolute Gasteiger partial charge is 0.0940 e. The van der Waals surface area contributed by atoms with E-state index in [-0.39, 0.29) is 0 Å². The van der Waals surface area contributed by atoms with Crippen molar-refractivity contribution in [3.05, 3.63) is 0 Å². The monoisotopic (exact) mass is 149 g/mol. The summed E-state index contributed by atoms with van der Waals surface area (Å²) in [4.78, 5) is 0. The van der Waals surface area contributed by atoms with E-state index in [0.29, 0.717) is 6.42 Å². The lowest BCUT2D eigenvalue weighted by Crippen LogP contribution is -2.27. The second-order valence-electron chi connectivity index (χ2n) is 3.06. The van der Waals surface area contributed by atoms with E-state index in [1.165, 1.54) is 0 Å². The Kier molecular flexibility index (Phi) is 2.17. The molecule has 0 spiro atoms. The summed E-state index contributed by atoms with van der Waals surface area (Å²) in [5, 5.41) is 18.3. The van der Waals surface area contributed by atoms with Crippen LogP contribution in [0.4, 0.5) is 0 Å². The van der Waals surface area contributed by atoms with Gasteiger partial charge >= 0.3 is 0 Å². The molecule has 0 heterocycles. The van der Waals surface area contributed by atoms with Crippen molar-refractivity contribution >= 4 is 0 Å². The van der Waals surface area contributed by atoms with Crippen molar-refractivity contribution in [1.82, 2.24) is 0 Å². The van der Waals surface area contributed by atoms with Crippen molar-refractivity contribution < 1.29 is 5.11 Å². The molecular formula is C9H11NO. The van der Waals surface area contributed by atoms with Crippen LogP contribution in [0.5, 0.6) is 0 Å². The highest BCUT2D eigenvalue weighted by Crippen LogP contribution is 2.40. The third-order valence-electron chi connectivity index (χ3n) is 2.38. The largest absolute Gasteiger partial charge is 0.391 e. The average Bonchev–Trinajstić information content (AvgIpc) is 2.35. The maximum absolute atomic E-state index is 9.45. The van der Waals surface area contributed by atoms with Gasteiger partial charge in [-0.05, 0) is 19.3 Å². The summed E-state index contributed by atoms with van der Waals surface area (Å²) < 4.78 is 0. The van der Waals surface area contributed by atoms with Gasteiger partial charge in [-0.25, -0.2) is 0 Å². The quantitative estimate of drug-likeness (QED) is 0.566. The number of aliphatic hydroxyl groups excluding tert-OH is 1. The Morgan fingerprint density at radius 2 is 2.45 bits per heavy atom. The van der Waals surface area contributed by atoms with E-state index in [0.717, 1.165) is 19.3 Å². The van der Waals surface area contributed by atoms with Crippen molar-refractivity contribution in [3.63, 3.8) is 0 Å². The van der Waals surface area contributed by atoms with E-state index in [1.807, 2.05) is 0 Å². The van der Waals surface area contributed by atoms with Crippen molar-refractivity contribution in [3.8, 4) is 18.4 Å². The van der Waals surface area contributed by atoms with E-state index >= 15 is 0 Å².